The van der Waals surface area contributed by atoms with Crippen molar-refractivity contribution in [1.29, 1.82) is 0 Å². The molecule has 3 rings (SSSR count). The molecule has 30 heavy (non-hydrogen) atoms. The predicted molar refractivity (Wildman–Crippen MR) is 115 cm³/mol. The van der Waals surface area contributed by atoms with Crippen LogP contribution in [0.4, 0.5) is 0 Å². The molecule has 0 radical (unpaired) electrons. The van der Waals surface area contributed by atoms with E-state index in [-0.39, 0.29) is 27.8 Å². The number of amides is 2. The van der Waals surface area contributed by atoms with Crippen LogP contribution in [-0.4, -0.2) is 38.9 Å². The molecule has 2 heterocycles. The summed E-state index contributed by atoms with van der Waals surface area (Å²) in [4.78, 5) is 37.7. The number of rotatable bonds is 5. The van der Waals surface area contributed by atoms with Crippen molar-refractivity contribution >= 4 is 52.8 Å². The van der Waals surface area contributed by atoms with Gasteiger partial charge in [-0.15, -0.1) is 6.58 Å². The van der Waals surface area contributed by atoms with Crippen molar-refractivity contribution in [2.24, 2.45) is 0 Å². The predicted octanol–water partition coefficient (Wildman–Crippen LogP) is 1.92. The third-order valence-corrected chi connectivity index (χ3v) is 5.35. The average Bonchev–Trinajstić information content (AvgIpc) is 2.96. The number of carbonyl (C=O) groups excluding carboxylic acids is 3. The molecular weight excluding hydrogens is 426 g/mol. The first-order valence-electron chi connectivity index (χ1n) is 8.85. The number of aryl methyl sites for hydroxylation is 1. The summed E-state index contributed by atoms with van der Waals surface area (Å²) in [6.45, 7) is 7.39. The van der Waals surface area contributed by atoms with Gasteiger partial charge in [-0.25, -0.2) is 0 Å². The topological polar surface area (TPSA) is 94.5 Å². The lowest BCUT2D eigenvalue weighted by molar-refractivity contribution is -0.255. The zero-order chi connectivity index (χ0) is 22.2. The lowest BCUT2D eigenvalue weighted by atomic mass is 10.1. The fourth-order valence-electron chi connectivity index (χ4n) is 3.28. The van der Waals surface area contributed by atoms with Crippen molar-refractivity contribution in [2.75, 3.05) is 6.54 Å². The maximum Gasteiger partial charge on any atom is 0.265 e. The first-order valence-corrected chi connectivity index (χ1v) is 9.64. The van der Waals surface area contributed by atoms with Crippen LogP contribution in [0.1, 0.15) is 27.3 Å². The lowest BCUT2D eigenvalue weighted by Gasteiger charge is -2.27. The van der Waals surface area contributed by atoms with Crippen molar-refractivity contribution in [3.63, 3.8) is 0 Å². The van der Waals surface area contributed by atoms with E-state index in [1.54, 1.807) is 23.6 Å². The second kappa shape index (κ2) is 8.25. The molecule has 0 atom stereocenters. The molecule has 1 aromatic heterocycles. The maximum atomic E-state index is 12.7. The first-order chi connectivity index (χ1) is 14.1. The van der Waals surface area contributed by atoms with Crippen molar-refractivity contribution in [2.45, 2.75) is 13.8 Å². The van der Waals surface area contributed by atoms with Crippen LogP contribution in [0.5, 0.6) is 0 Å². The summed E-state index contributed by atoms with van der Waals surface area (Å²) in [5, 5.41) is 13.9. The molecule has 1 aliphatic rings. The summed E-state index contributed by atoms with van der Waals surface area (Å²) in [7, 11) is 0. The van der Waals surface area contributed by atoms with Crippen molar-refractivity contribution in [1.82, 2.24) is 14.8 Å². The van der Waals surface area contributed by atoms with Gasteiger partial charge in [-0.3, -0.25) is 19.8 Å². The number of halogens is 1. The summed E-state index contributed by atoms with van der Waals surface area (Å²) in [5.74, 6) is -2.48. The maximum absolute atomic E-state index is 12.7. The van der Waals surface area contributed by atoms with Crippen LogP contribution >= 0.6 is 23.8 Å². The molecule has 1 N–H and O–H groups in total. The molecule has 7 nitrogen and oxygen atoms in total. The Kier molecular flexibility index (Phi) is 5.91. The Morgan fingerprint density at radius 3 is 2.63 bits per heavy atom. The second-order valence-electron chi connectivity index (χ2n) is 6.64. The van der Waals surface area contributed by atoms with Gasteiger partial charge in [-0.1, -0.05) is 17.7 Å². The minimum absolute atomic E-state index is 0.0310. The van der Waals surface area contributed by atoms with Crippen LogP contribution in [0.3, 0.4) is 0 Å². The van der Waals surface area contributed by atoms with Crippen LogP contribution in [0.25, 0.3) is 11.8 Å². The fourth-order valence-corrected chi connectivity index (χ4v) is 3.73. The molecule has 1 aromatic carbocycles. The van der Waals surface area contributed by atoms with E-state index >= 15 is 0 Å². The summed E-state index contributed by atoms with van der Waals surface area (Å²) in [6.07, 6.45) is 3.00. The molecule has 0 aliphatic carbocycles. The monoisotopic (exact) mass is 442 g/mol. The zero-order valence-corrected chi connectivity index (χ0v) is 17.8. The van der Waals surface area contributed by atoms with Gasteiger partial charge in [0.25, 0.3) is 11.8 Å². The number of nitrogens with zero attached hydrogens (tertiary/aromatic N) is 2. The van der Waals surface area contributed by atoms with E-state index < -0.39 is 17.8 Å². The molecule has 1 aliphatic heterocycles. The highest BCUT2D eigenvalue weighted by Gasteiger charge is 2.32. The van der Waals surface area contributed by atoms with Crippen LogP contribution < -0.4 is 10.4 Å². The van der Waals surface area contributed by atoms with Crippen LogP contribution in [0.2, 0.25) is 5.02 Å². The van der Waals surface area contributed by atoms with E-state index in [1.165, 1.54) is 29.2 Å². The van der Waals surface area contributed by atoms with E-state index in [1.807, 2.05) is 6.92 Å². The fraction of sp³-hybridized carbons (Fsp3) is 0.143. The van der Waals surface area contributed by atoms with Gasteiger partial charge in [0, 0.05) is 34.2 Å². The Morgan fingerprint density at radius 2 is 2.00 bits per heavy atom. The van der Waals surface area contributed by atoms with Gasteiger partial charge in [0.2, 0.25) is 0 Å². The van der Waals surface area contributed by atoms with E-state index in [0.29, 0.717) is 16.9 Å². The van der Waals surface area contributed by atoms with Crippen molar-refractivity contribution in [3.05, 3.63) is 70.0 Å². The standard InChI is InChI=1S/C21H18ClN3O4S/c1-4-7-24-19(27)16(18(26)23-21(24)30)9-13-8-11(2)25(12(13)3)14-5-6-17(22)15(10-14)20(28)29/h4-6,8-10H,1,7H2,2-3H3,(H,28,29)(H,23,26,30)/p-1/b16-9-. The number of carbonyl (C=O) groups is 3. The van der Waals surface area contributed by atoms with Crippen molar-refractivity contribution in [3.8, 4) is 5.69 Å². The van der Waals surface area contributed by atoms with Crippen LogP contribution in [0, 0.1) is 13.8 Å². The molecule has 2 amide bonds. The number of carboxylic acid groups (broad SMARTS) is 1. The highest BCUT2D eigenvalue weighted by atomic mass is 35.5. The third-order valence-electron chi connectivity index (χ3n) is 4.70. The van der Waals surface area contributed by atoms with Crippen LogP contribution in [0.15, 0.2) is 42.5 Å². The SMILES string of the molecule is C=CCN1C(=O)/C(=C\c2cc(C)n(-c3ccc(Cl)c(C(=O)[O-])c3)c2C)C(=O)NC1=S. The Morgan fingerprint density at radius 1 is 1.30 bits per heavy atom. The number of hydrogen-bond acceptors (Lipinski definition) is 5. The third kappa shape index (κ3) is 3.79. The molecule has 2 aromatic rings. The van der Waals surface area contributed by atoms with Gasteiger partial charge in [0.1, 0.15) is 5.57 Å². The molecule has 0 bridgehead atoms. The Labute approximate surface area is 183 Å². The molecule has 1 saturated heterocycles. The van der Waals surface area contributed by atoms with E-state index in [4.69, 9.17) is 23.8 Å². The molecule has 9 heteroatoms. The Hall–Kier alpha value is -3.23. The molecule has 154 valence electrons. The molecule has 0 spiro atoms. The number of nitrogens with one attached hydrogen (secondary N) is 1. The summed E-state index contributed by atoms with van der Waals surface area (Å²) < 4.78 is 1.80. The number of aromatic carboxylic acids is 1. The number of carboxylic acids is 1. The average molecular weight is 443 g/mol. The summed E-state index contributed by atoms with van der Waals surface area (Å²) in [5.41, 5.74) is 2.48. The highest BCUT2D eigenvalue weighted by Crippen LogP contribution is 2.26. The van der Waals surface area contributed by atoms with Gasteiger partial charge in [-0.2, -0.15) is 0 Å². The lowest BCUT2D eigenvalue weighted by Crippen LogP contribution is -2.53. The molecule has 1 fully saturated rings. The quantitative estimate of drug-likeness (QED) is 0.330. The number of benzene rings is 1. The highest BCUT2D eigenvalue weighted by molar-refractivity contribution is 7.80. The summed E-state index contributed by atoms with van der Waals surface area (Å²) >= 11 is 11.0. The van der Waals surface area contributed by atoms with Gasteiger partial charge >= 0.3 is 0 Å². The minimum atomic E-state index is -1.38. The summed E-state index contributed by atoms with van der Waals surface area (Å²) in [6, 6.07) is 6.36. The van der Waals surface area contributed by atoms with Crippen LogP contribution in [-0.2, 0) is 9.59 Å². The minimum Gasteiger partial charge on any atom is -0.545 e. The number of hydrogen-bond donors (Lipinski definition) is 1. The van der Waals surface area contributed by atoms with Gasteiger partial charge in [-0.05, 0) is 62.0 Å². The smallest absolute Gasteiger partial charge is 0.265 e. The number of thiocarbonyl (C=S) groups is 1. The molecule has 0 unspecified atom stereocenters. The van der Waals surface area contributed by atoms with Gasteiger partial charge < -0.3 is 14.5 Å². The second-order valence-corrected chi connectivity index (χ2v) is 7.43. The largest absolute Gasteiger partial charge is 0.545 e. The van der Waals surface area contributed by atoms with E-state index in [9.17, 15) is 19.5 Å². The Balaban J connectivity index is 2.08. The van der Waals surface area contributed by atoms with Crippen molar-refractivity contribution < 1.29 is 19.5 Å². The van der Waals surface area contributed by atoms with E-state index in [2.05, 4.69) is 11.9 Å². The Bertz CT molecular complexity index is 1150. The zero-order valence-electron chi connectivity index (χ0n) is 16.2. The number of aromatic nitrogens is 1. The first kappa shape index (κ1) is 21.5. The van der Waals surface area contributed by atoms with E-state index in [0.717, 1.165) is 5.69 Å². The normalized spacial score (nSPS) is 15.5. The van der Waals surface area contributed by atoms with Gasteiger partial charge in [0.15, 0.2) is 5.11 Å². The van der Waals surface area contributed by atoms with Gasteiger partial charge in [0.05, 0.1) is 5.97 Å². The molecular formula is C21H17ClN3O4S-. The molecule has 0 saturated carbocycles.